The summed E-state index contributed by atoms with van der Waals surface area (Å²) in [7, 11) is 0. The molecule has 3 rings (SSSR count). The molecule has 2 N–H and O–H groups in total. The van der Waals surface area contributed by atoms with Gasteiger partial charge in [0.1, 0.15) is 5.76 Å². The monoisotopic (exact) mass is 267 g/mol. The highest BCUT2D eigenvalue weighted by molar-refractivity contribution is 5.99. The number of nitrogens with one attached hydrogen (secondary N) is 2. The van der Waals surface area contributed by atoms with Gasteiger partial charge in [-0.05, 0) is 12.1 Å². The lowest BCUT2D eigenvalue weighted by Crippen LogP contribution is -2.22. The molecule has 0 unspecified atom stereocenters. The van der Waals surface area contributed by atoms with E-state index in [-0.39, 0.29) is 5.91 Å². The van der Waals surface area contributed by atoms with Gasteiger partial charge in [0, 0.05) is 5.56 Å². The summed E-state index contributed by atoms with van der Waals surface area (Å²) in [4.78, 5) is 12.2. The summed E-state index contributed by atoms with van der Waals surface area (Å²) >= 11 is 0. The summed E-state index contributed by atoms with van der Waals surface area (Å²) in [5, 5.41) is 9.62. The average Bonchev–Trinajstić information content (AvgIpc) is 3.17. The highest BCUT2D eigenvalue weighted by Gasteiger charge is 2.14. The second kappa shape index (κ2) is 5.44. The molecule has 0 saturated heterocycles. The predicted molar refractivity (Wildman–Crippen MR) is 73.9 cm³/mol. The Morgan fingerprint density at radius 3 is 2.80 bits per heavy atom. The molecule has 1 aromatic carbocycles. The van der Waals surface area contributed by atoms with Crippen LogP contribution >= 0.6 is 0 Å². The maximum atomic E-state index is 12.2. The van der Waals surface area contributed by atoms with Gasteiger partial charge in [-0.1, -0.05) is 30.3 Å². The van der Waals surface area contributed by atoms with Crippen LogP contribution in [0.4, 0.5) is 0 Å². The van der Waals surface area contributed by atoms with Crippen molar-refractivity contribution in [3.8, 4) is 11.3 Å². The molecule has 0 bridgehead atoms. The molecule has 100 valence electrons. The summed E-state index contributed by atoms with van der Waals surface area (Å²) < 4.78 is 5.18. The van der Waals surface area contributed by atoms with Crippen LogP contribution in [0.1, 0.15) is 16.1 Å². The van der Waals surface area contributed by atoms with E-state index in [4.69, 9.17) is 4.42 Å². The molecule has 3 aromatic rings. The number of rotatable bonds is 4. The number of amides is 1. The number of furan rings is 1. The lowest BCUT2D eigenvalue weighted by molar-refractivity contribution is 0.0949. The smallest absolute Gasteiger partial charge is 0.255 e. The van der Waals surface area contributed by atoms with Gasteiger partial charge in [0.25, 0.3) is 5.91 Å². The highest BCUT2D eigenvalue weighted by Crippen LogP contribution is 2.20. The molecule has 0 aliphatic carbocycles. The lowest BCUT2D eigenvalue weighted by Gasteiger charge is -2.04. The van der Waals surface area contributed by atoms with E-state index < -0.39 is 0 Å². The number of aromatic nitrogens is 2. The fourth-order valence-electron chi connectivity index (χ4n) is 1.96. The van der Waals surface area contributed by atoms with Crippen molar-refractivity contribution in [2.75, 3.05) is 0 Å². The summed E-state index contributed by atoms with van der Waals surface area (Å²) in [5.41, 5.74) is 2.15. The molecule has 1 amide bonds. The molecule has 0 saturated carbocycles. The molecule has 2 aromatic heterocycles. The number of benzene rings is 1. The maximum absolute atomic E-state index is 12.2. The average molecular weight is 267 g/mol. The lowest BCUT2D eigenvalue weighted by atomic mass is 10.1. The molecular formula is C15H13N3O2. The van der Waals surface area contributed by atoms with E-state index in [2.05, 4.69) is 15.5 Å². The second-order valence-electron chi connectivity index (χ2n) is 4.29. The van der Waals surface area contributed by atoms with Gasteiger partial charge >= 0.3 is 0 Å². The van der Waals surface area contributed by atoms with E-state index in [9.17, 15) is 4.79 Å². The van der Waals surface area contributed by atoms with Crippen LogP contribution < -0.4 is 5.32 Å². The van der Waals surface area contributed by atoms with Gasteiger partial charge in [0.15, 0.2) is 0 Å². The molecule has 0 aliphatic rings. The van der Waals surface area contributed by atoms with Crippen LogP contribution in [-0.4, -0.2) is 16.1 Å². The first-order valence-electron chi connectivity index (χ1n) is 6.24. The maximum Gasteiger partial charge on any atom is 0.255 e. The number of aromatic amines is 1. The molecule has 20 heavy (non-hydrogen) atoms. The van der Waals surface area contributed by atoms with Crippen molar-refractivity contribution in [3.05, 3.63) is 66.2 Å². The van der Waals surface area contributed by atoms with Gasteiger partial charge in [-0.2, -0.15) is 5.10 Å². The Morgan fingerprint density at radius 2 is 2.05 bits per heavy atom. The zero-order valence-electron chi connectivity index (χ0n) is 10.7. The molecule has 0 atom stereocenters. The Morgan fingerprint density at radius 1 is 1.20 bits per heavy atom. The fourth-order valence-corrected chi connectivity index (χ4v) is 1.96. The van der Waals surface area contributed by atoms with Crippen molar-refractivity contribution < 1.29 is 9.21 Å². The molecule has 5 nitrogen and oxygen atoms in total. The Hall–Kier alpha value is -2.82. The van der Waals surface area contributed by atoms with E-state index in [1.54, 1.807) is 12.3 Å². The van der Waals surface area contributed by atoms with Crippen molar-refractivity contribution in [3.63, 3.8) is 0 Å². The van der Waals surface area contributed by atoms with Crippen molar-refractivity contribution in [1.29, 1.82) is 0 Å². The summed E-state index contributed by atoms with van der Waals surface area (Å²) in [5.74, 6) is 0.525. The second-order valence-corrected chi connectivity index (χ2v) is 4.29. The normalized spacial score (nSPS) is 10.4. The standard InChI is InChI=1S/C15H13N3O2/c19-15(16-9-12-7-4-8-20-12)13-10-17-18-14(13)11-5-2-1-3-6-11/h1-8,10H,9H2,(H,16,19)(H,17,18). The number of hydrogen-bond donors (Lipinski definition) is 2. The Balaban J connectivity index is 1.77. The highest BCUT2D eigenvalue weighted by atomic mass is 16.3. The van der Waals surface area contributed by atoms with Crippen LogP contribution in [-0.2, 0) is 6.54 Å². The summed E-state index contributed by atoms with van der Waals surface area (Å²) in [6.07, 6.45) is 3.11. The number of H-pyrrole nitrogens is 1. The first kappa shape index (κ1) is 12.2. The third kappa shape index (κ3) is 2.47. The topological polar surface area (TPSA) is 70.9 Å². The van der Waals surface area contributed by atoms with Crippen LogP contribution in [0.5, 0.6) is 0 Å². The van der Waals surface area contributed by atoms with Gasteiger partial charge in [0.05, 0.1) is 30.3 Å². The summed E-state index contributed by atoms with van der Waals surface area (Å²) in [6.45, 7) is 0.352. The molecule has 0 radical (unpaired) electrons. The zero-order chi connectivity index (χ0) is 13.8. The quantitative estimate of drug-likeness (QED) is 0.763. The number of carbonyl (C=O) groups is 1. The Kier molecular flexibility index (Phi) is 3.33. The van der Waals surface area contributed by atoms with Crippen molar-refractivity contribution in [2.24, 2.45) is 0 Å². The van der Waals surface area contributed by atoms with Crippen LogP contribution in [0.2, 0.25) is 0 Å². The van der Waals surface area contributed by atoms with Crippen LogP contribution in [0, 0.1) is 0 Å². The minimum absolute atomic E-state index is 0.186. The van der Waals surface area contributed by atoms with Gasteiger partial charge in [-0.15, -0.1) is 0 Å². The Labute approximate surface area is 115 Å². The van der Waals surface area contributed by atoms with Crippen molar-refractivity contribution in [2.45, 2.75) is 6.54 Å². The molecule has 2 heterocycles. The SMILES string of the molecule is O=C(NCc1ccco1)c1cn[nH]c1-c1ccccc1. The van der Waals surface area contributed by atoms with Gasteiger partial charge in [-0.3, -0.25) is 9.89 Å². The van der Waals surface area contributed by atoms with Crippen LogP contribution in [0.3, 0.4) is 0 Å². The van der Waals surface area contributed by atoms with E-state index in [0.717, 1.165) is 5.56 Å². The number of carbonyl (C=O) groups excluding carboxylic acids is 1. The molecule has 0 spiro atoms. The minimum atomic E-state index is -0.186. The third-order valence-electron chi connectivity index (χ3n) is 2.95. The van der Waals surface area contributed by atoms with Crippen molar-refractivity contribution >= 4 is 5.91 Å². The number of hydrogen-bond acceptors (Lipinski definition) is 3. The van der Waals surface area contributed by atoms with E-state index in [1.165, 1.54) is 6.20 Å². The summed E-state index contributed by atoms with van der Waals surface area (Å²) in [6, 6.07) is 13.2. The number of nitrogens with zero attached hydrogens (tertiary/aromatic N) is 1. The zero-order valence-corrected chi connectivity index (χ0v) is 10.7. The third-order valence-corrected chi connectivity index (χ3v) is 2.95. The van der Waals surface area contributed by atoms with E-state index in [0.29, 0.717) is 23.6 Å². The fraction of sp³-hybridized carbons (Fsp3) is 0.0667. The molecule has 0 fully saturated rings. The minimum Gasteiger partial charge on any atom is -0.467 e. The van der Waals surface area contributed by atoms with Crippen LogP contribution in [0.15, 0.2) is 59.3 Å². The van der Waals surface area contributed by atoms with Crippen molar-refractivity contribution in [1.82, 2.24) is 15.5 Å². The van der Waals surface area contributed by atoms with Crippen LogP contribution in [0.25, 0.3) is 11.3 Å². The Bertz CT molecular complexity index is 687. The van der Waals surface area contributed by atoms with Gasteiger partial charge in [-0.25, -0.2) is 0 Å². The first-order chi connectivity index (χ1) is 9.84. The molecule has 0 aliphatic heterocycles. The van der Waals surface area contributed by atoms with E-state index >= 15 is 0 Å². The van der Waals surface area contributed by atoms with Gasteiger partial charge < -0.3 is 9.73 Å². The van der Waals surface area contributed by atoms with E-state index in [1.807, 2.05) is 36.4 Å². The molecular weight excluding hydrogens is 254 g/mol. The largest absolute Gasteiger partial charge is 0.467 e. The molecule has 5 heteroatoms. The predicted octanol–water partition coefficient (Wildman–Crippen LogP) is 2.60. The van der Waals surface area contributed by atoms with Gasteiger partial charge in [0.2, 0.25) is 0 Å². The first-order valence-corrected chi connectivity index (χ1v) is 6.24.